The molecule has 0 heterocycles. The van der Waals surface area contributed by atoms with E-state index >= 15 is 0 Å². The van der Waals surface area contributed by atoms with Gasteiger partial charge in [0.2, 0.25) is 0 Å². The maximum absolute atomic E-state index is 12.8. The highest BCUT2D eigenvalue weighted by atomic mass is 79.9. The van der Waals surface area contributed by atoms with Gasteiger partial charge in [0.1, 0.15) is 5.75 Å². The molecule has 0 spiro atoms. The Morgan fingerprint density at radius 3 is 2.47 bits per heavy atom. The molecule has 6 nitrogen and oxygen atoms in total. The van der Waals surface area contributed by atoms with Crippen LogP contribution in [0.15, 0.2) is 76.1 Å². The summed E-state index contributed by atoms with van der Waals surface area (Å²) in [4.78, 5) is 12.9. The Kier molecular flexibility index (Phi) is 7.02. The topological polar surface area (TPSA) is 84.5 Å². The molecule has 0 bridgehead atoms. The maximum atomic E-state index is 12.8. The fourth-order valence-electron chi connectivity index (χ4n) is 2.73. The lowest BCUT2D eigenvalue weighted by Gasteiger charge is -2.14. The molecule has 0 saturated carbocycles. The van der Waals surface area contributed by atoms with E-state index in [1.807, 2.05) is 18.2 Å². The summed E-state index contributed by atoms with van der Waals surface area (Å²) in [5, 5.41) is 3.22. The average Bonchev–Trinajstić information content (AvgIpc) is 2.73. The van der Waals surface area contributed by atoms with Gasteiger partial charge in [0.25, 0.3) is 15.9 Å². The van der Waals surface area contributed by atoms with Crippen LogP contribution in [0.1, 0.15) is 15.9 Å². The van der Waals surface area contributed by atoms with E-state index in [1.54, 1.807) is 25.3 Å². The van der Waals surface area contributed by atoms with E-state index in [4.69, 9.17) is 16.3 Å². The number of para-hydroxylation sites is 1. The van der Waals surface area contributed by atoms with Gasteiger partial charge in [-0.25, -0.2) is 8.42 Å². The largest absolute Gasteiger partial charge is 0.496 e. The van der Waals surface area contributed by atoms with E-state index in [0.29, 0.717) is 15.2 Å². The van der Waals surface area contributed by atoms with E-state index in [1.165, 1.54) is 30.3 Å². The zero-order chi connectivity index (χ0) is 21.7. The third-order valence-electron chi connectivity index (χ3n) is 4.23. The van der Waals surface area contributed by atoms with Crippen LogP contribution in [0.5, 0.6) is 5.75 Å². The normalized spacial score (nSPS) is 11.0. The van der Waals surface area contributed by atoms with Gasteiger partial charge in [0.05, 0.1) is 23.3 Å². The number of hydrogen-bond acceptors (Lipinski definition) is 4. The highest BCUT2D eigenvalue weighted by Gasteiger charge is 2.19. The Morgan fingerprint density at radius 1 is 1.07 bits per heavy atom. The summed E-state index contributed by atoms with van der Waals surface area (Å²) in [7, 11) is -2.35. The number of amides is 1. The van der Waals surface area contributed by atoms with Gasteiger partial charge in [0, 0.05) is 21.6 Å². The second kappa shape index (κ2) is 9.51. The molecular weight excluding hydrogens is 492 g/mol. The average molecular weight is 510 g/mol. The molecule has 30 heavy (non-hydrogen) atoms. The Morgan fingerprint density at radius 2 is 1.77 bits per heavy atom. The fraction of sp³-hybridized carbons (Fsp3) is 0.0952. The minimum absolute atomic E-state index is 0.0372. The van der Waals surface area contributed by atoms with E-state index < -0.39 is 15.9 Å². The predicted octanol–water partition coefficient (Wildman–Crippen LogP) is 4.84. The summed E-state index contributed by atoms with van der Waals surface area (Å²) in [5.41, 5.74) is 1.13. The van der Waals surface area contributed by atoms with Crippen molar-refractivity contribution in [2.75, 3.05) is 11.8 Å². The van der Waals surface area contributed by atoms with Crippen molar-refractivity contribution in [2.24, 2.45) is 0 Å². The van der Waals surface area contributed by atoms with Crippen LogP contribution in [-0.2, 0) is 16.6 Å². The first-order valence-corrected chi connectivity index (χ1v) is 11.4. The Balaban J connectivity index is 1.84. The molecule has 1 amide bonds. The number of rotatable bonds is 7. The molecule has 3 rings (SSSR count). The molecule has 0 unspecified atom stereocenters. The minimum atomic E-state index is -3.90. The van der Waals surface area contributed by atoms with Crippen LogP contribution in [0.25, 0.3) is 0 Å². The highest BCUT2D eigenvalue weighted by molar-refractivity contribution is 9.10. The minimum Gasteiger partial charge on any atom is -0.496 e. The molecule has 0 radical (unpaired) electrons. The maximum Gasteiger partial charge on any atom is 0.261 e. The highest BCUT2D eigenvalue weighted by Crippen LogP contribution is 2.25. The summed E-state index contributed by atoms with van der Waals surface area (Å²) in [5.74, 6) is 0.215. The standard InChI is InChI=1S/C21H18BrClN2O4S/c1-29-20-5-3-2-4-14(20)13-24-21(26)18-12-15(22)6-11-19(18)25-30(27,28)17-9-7-16(23)8-10-17/h2-12,25H,13H2,1H3,(H,24,26). The molecule has 0 aliphatic heterocycles. The van der Waals surface area contributed by atoms with Crippen LogP contribution in [-0.4, -0.2) is 21.4 Å². The number of hydrogen-bond donors (Lipinski definition) is 2. The van der Waals surface area contributed by atoms with E-state index in [0.717, 1.165) is 5.56 Å². The number of anilines is 1. The number of sulfonamides is 1. The molecule has 0 atom stereocenters. The SMILES string of the molecule is COc1ccccc1CNC(=O)c1cc(Br)ccc1NS(=O)(=O)c1ccc(Cl)cc1. The summed E-state index contributed by atoms with van der Waals surface area (Å²) >= 11 is 9.15. The molecule has 2 N–H and O–H groups in total. The van der Waals surface area contributed by atoms with Crippen LogP contribution < -0.4 is 14.8 Å². The third-order valence-corrected chi connectivity index (χ3v) is 6.35. The van der Waals surface area contributed by atoms with Crippen molar-refractivity contribution in [3.05, 3.63) is 87.4 Å². The van der Waals surface area contributed by atoms with Gasteiger partial charge in [-0.05, 0) is 48.5 Å². The first-order valence-electron chi connectivity index (χ1n) is 8.78. The van der Waals surface area contributed by atoms with Gasteiger partial charge in [-0.1, -0.05) is 45.7 Å². The number of carbonyl (C=O) groups excluding carboxylic acids is 1. The summed E-state index contributed by atoms with van der Waals surface area (Å²) in [6.45, 7) is 0.221. The van der Waals surface area contributed by atoms with Crippen molar-refractivity contribution < 1.29 is 17.9 Å². The molecule has 156 valence electrons. The van der Waals surface area contributed by atoms with Gasteiger partial charge in [0.15, 0.2) is 0 Å². The van der Waals surface area contributed by atoms with Crippen molar-refractivity contribution in [1.82, 2.24) is 5.32 Å². The zero-order valence-corrected chi connectivity index (χ0v) is 19.0. The number of carbonyl (C=O) groups is 1. The second-order valence-corrected chi connectivity index (χ2v) is 9.28. The Labute approximate surface area is 188 Å². The van der Waals surface area contributed by atoms with E-state index in [2.05, 4.69) is 26.0 Å². The summed E-state index contributed by atoms with van der Waals surface area (Å²) < 4.78 is 33.8. The lowest BCUT2D eigenvalue weighted by Crippen LogP contribution is -2.25. The van der Waals surface area contributed by atoms with Crippen LogP contribution in [0, 0.1) is 0 Å². The van der Waals surface area contributed by atoms with Crippen LogP contribution in [0.3, 0.4) is 0 Å². The molecule has 0 aliphatic carbocycles. The van der Waals surface area contributed by atoms with Gasteiger partial charge >= 0.3 is 0 Å². The number of halogens is 2. The number of ether oxygens (including phenoxy) is 1. The monoisotopic (exact) mass is 508 g/mol. The van der Waals surface area contributed by atoms with Crippen LogP contribution in [0.2, 0.25) is 5.02 Å². The zero-order valence-electron chi connectivity index (χ0n) is 15.9. The lowest BCUT2D eigenvalue weighted by molar-refractivity contribution is 0.0951. The van der Waals surface area contributed by atoms with Crippen LogP contribution >= 0.6 is 27.5 Å². The van der Waals surface area contributed by atoms with E-state index in [9.17, 15) is 13.2 Å². The molecule has 0 saturated heterocycles. The second-order valence-electron chi connectivity index (χ2n) is 6.24. The molecule has 0 aliphatic rings. The quantitative estimate of drug-likeness (QED) is 0.477. The van der Waals surface area contributed by atoms with Crippen molar-refractivity contribution in [3.63, 3.8) is 0 Å². The summed E-state index contributed by atoms with van der Waals surface area (Å²) in [6, 6.07) is 17.8. The molecule has 3 aromatic rings. The number of nitrogens with one attached hydrogen (secondary N) is 2. The summed E-state index contributed by atoms with van der Waals surface area (Å²) in [6.07, 6.45) is 0. The van der Waals surface area contributed by atoms with Crippen LogP contribution in [0.4, 0.5) is 5.69 Å². The van der Waals surface area contributed by atoms with Gasteiger partial charge in [-0.3, -0.25) is 9.52 Å². The molecule has 0 aromatic heterocycles. The first-order chi connectivity index (χ1) is 14.3. The lowest BCUT2D eigenvalue weighted by atomic mass is 10.1. The van der Waals surface area contributed by atoms with Gasteiger partial charge < -0.3 is 10.1 Å². The fourth-order valence-corrected chi connectivity index (χ4v) is 4.30. The van der Waals surface area contributed by atoms with Crippen molar-refractivity contribution in [2.45, 2.75) is 11.4 Å². The number of methoxy groups -OCH3 is 1. The third kappa shape index (κ3) is 5.33. The predicted molar refractivity (Wildman–Crippen MR) is 121 cm³/mol. The molecule has 9 heteroatoms. The smallest absolute Gasteiger partial charge is 0.261 e. The molecule has 3 aromatic carbocycles. The first kappa shape index (κ1) is 22.1. The van der Waals surface area contributed by atoms with E-state index in [-0.39, 0.29) is 22.7 Å². The van der Waals surface area contributed by atoms with Crippen molar-refractivity contribution >= 4 is 49.1 Å². The number of benzene rings is 3. The molecular formula is C21H18BrClN2O4S. The molecule has 0 fully saturated rings. The Hall–Kier alpha value is -2.55. The van der Waals surface area contributed by atoms with Crippen molar-refractivity contribution in [1.29, 1.82) is 0 Å². The van der Waals surface area contributed by atoms with Crippen molar-refractivity contribution in [3.8, 4) is 5.75 Å². The van der Waals surface area contributed by atoms with Gasteiger partial charge in [-0.15, -0.1) is 0 Å². The Bertz CT molecular complexity index is 1170. The van der Waals surface area contributed by atoms with Gasteiger partial charge in [-0.2, -0.15) is 0 Å².